The molecule has 1 heterocycles. The van der Waals surface area contributed by atoms with Crippen LogP contribution in [0.15, 0.2) is 24.3 Å². The molecule has 1 aliphatic rings. The van der Waals surface area contributed by atoms with Crippen molar-refractivity contribution >= 4 is 17.9 Å². The first-order valence-corrected chi connectivity index (χ1v) is 12.8. The molecule has 0 spiro atoms. The molecule has 0 amide bonds. The van der Waals surface area contributed by atoms with Crippen LogP contribution in [0.3, 0.4) is 0 Å². The maximum Gasteiger partial charge on any atom is 0.317 e. The van der Waals surface area contributed by atoms with E-state index in [0.717, 1.165) is 37.3 Å². The summed E-state index contributed by atoms with van der Waals surface area (Å²) in [6, 6.07) is 8.03. The van der Waals surface area contributed by atoms with E-state index >= 15 is 0 Å². The molecule has 1 aromatic rings. The predicted octanol–water partition coefficient (Wildman–Crippen LogP) is -0.0569. The van der Waals surface area contributed by atoms with Gasteiger partial charge >= 0.3 is 17.9 Å². The smallest absolute Gasteiger partial charge is 0.317 e. The van der Waals surface area contributed by atoms with Gasteiger partial charge in [-0.2, -0.15) is 0 Å². The molecule has 1 aliphatic heterocycles. The zero-order valence-electron chi connectivity index (χ0n) is 22.4. The maximum atomic E-state index is 11.5. The van der Waals surface area contributed by atoms with E-state index < -0.39 is 17.9 Å². The molecule has 0 aromatic heterocycles. The van der Waals surface area contributed by atoms with Crippen LogP contribution in [-0.2, 0) is 20.8 Å². The normalized spacial score (nSPS) is 18.7. The van der Waals surface area contributed by atoms with Crippen LogP contribution in [0.1, 0.15) is 11.1 Å². The standard InChI is InChI=1S/C26H43N5O6/c1-21-4-6-22(7-5-21)16-23(17-30(19-25(34)35)20-26(36)37)31-14-11-28(3)9-8-27(2)10-12-29(13-15-31)18-24(32)33/h4-7,23H,8-20H2,1-3H3,(H,32,33)(H,34,35)(H,36,37). The number of aliphatic carboxylic acids is 3. The second-order valence-electron chi connectivity index (χ2n) is 10.1. The number of carbonyl (C=O) groups is 3. The van der Waals surface area contributed by atoms with Crippen LogP contribution >= 0.6 is 0 Å². The number of aryl methyl sites for hydroxylation is 1. The zero-order chi connectivity index (χ0) is 27.4. The van der Waals surface area contributed by atoms with Crippen molar-refractivity contribution in [3.63, 3.8) is 0 Å². The van der Waals surface area contributed by atoms with Crippen molar-refractivity contribution in [2.45, 2.75) is 19.4 Å². The molecule has 3 N–H and O–H groups in total. The summed E-state index contributed by atoms with van der Waals surface area (Å²) >= 11 is 0. The Kier molecular flexibility index (Phi) is 12.9. The first kappa shape index (κ1) is 30.7. The van der Waals surface area contributed by atoms with Gasteiger partial charge in [-0.25, -0.2) is 0 Å². The third kappa shape index (κ3) is 12.5. The number of hydrogen-bond donors (Lipinski definition) is 3. The van der Waals surface area contributed by atoms with Crippen LogP contribution in [0.25, 0.3) is 0 Å². The molecule has 11 heteroatoms. The van der Waals surface area contributed by atoms with Crippen molar-refractivity contribution in [1.29, 1.82) is 0 Å². The minimum atomic E-state index is -1.07. The lowest BCUT2D eigenvalue weighted by atomic mass is 10.0. The highest BCUT2D eigenvalue weighted by Crippen LogP contribution is 2.14. The van der Waals surface area contributed by atoms with Gasteiger partial charge in [-0.1, -0.05) is 29.8 Å². The summed E-state index contributed by atoms with van der Waals surface area (Å²) in [5.74, 6) is -3.01. The van der Waals surface area contributed by atoms with Crippen molar-refractivity contribution in [3.05, 3.63) is 35.4 Å². The molecule has 1 atom stereocenters. The van der Waals surface area contributed by atoms with E-state index in [2.05, 4.69) is 33.9 Å². The predicted molar refractivity (Wildman–Crippen MR) is 141 cm³/mol. The molecule has 1 saturated heterocycles. The molecule has 1 unspecified atom stereocenters. The second kappa shape index (κ2) is 15.6. The molecule has 37 heavy (non-hydrogen) atoms. The molecule has 1 aromatic carbocycles. The monoisotopic (exact) mass is 521 g/mol. The van der Waals surface area contributed by atoms with Crippen molar-refractivity contribution in [2.75, 3.05) is 92.6 Å². The summed E-state index contributed by atoms with van der Waals surface area (Å²) in [7, 11) is 4.12. The minimum Gasteiger partial charge on any atom is -0.480 e. The molecule has 0 radical (unpaired) electrons. The molecule has 208 valence electrons. The zero-order valence-corrected chi connectivity index (χ0v) is 22.4. The molecular weight excluding hydrogens is 478 g/mol. The van der Waals surface area contributed by atoms with Crippen LogP contribution in [0, 0.1) is 6.92 Å². The Morgan fingerprint density at radius 3 is 1.81 bits per heavy atom. The fourth-order valence-electron chi connectivity index (χ4n) is 4.56. The number of carboxylic acids is 3. The van der Waals surface area contributed by atoms with Gasteiger partial charge in [0.1, 0.15) is 0 Å². The van der Waals surface area contributed by atoms with E-state index in [0.29, 0.717) is 32.6 Å². The molecule has 0 bridgehead atoms. The van der Waals surface area contributed by atoms with Crippen LogP contribution < -0.4 is 0 Å². The lowest BCUT2D eigenvalue weighted by Crippen LogP contribution is -2.52. The Labute approximate surface area is 219 Å². The highest BCUT2D eigenvalue weighted by atomic mass is 16.4. The summed E-state index contributed by atoms with van der Waals surface area (Å²) in [6.07, 6.45) is 0.626. The average molecular weight is 522 g/mol. The minimum absolute atomic E-state index is 0.0473. The van der Waals surface area contributed by atoms with Gasteiger partial charge in [0.05, 0.1) is 19.6 Å². The highest BCUT2D eigenvalue weighted by Gasteiger charge is 2.26. The number of benzene rings is 1. The summed E-state index contributed by atoms with van der Waals surface area (Å²) in [5, 5.41) is 28.2. The lowest BCUT2D eigenvalue weighted by molar-refractivity contribution is -0.142. The first-order valence-electron chi connectivity index (χ1n) is 12.8. The highest BCUT2D eigenvalue weighted by molar-refractivity contribution is 5.72. The summed E-state index contributed by atoms with van der Waals surface area (Å²) in [5.41, 5.74) is 2.23. The summed E-state index contributed by atoms with van der Waals surface area (Å²) < 4.78 is 0. The van der Waals surface area contributed by atoms with E-state index in [4.69, 9.17) is 0 Å². The Morgan fingerprint density at radius 2 is 1.27 bits per heavy atom. The molecule has 1 fully saturated rings. The Bertz CT molecular complexity index is 852. The fourth-order valence-corrected chi connectivity index (χ4v) is 4.56. The van der Waals surface area contributed by atoms with E-state index in [9.17, 15) is 29.7 Å². The molecule has 0 saturated carbocycles. The van der Waals surface area contributed by atoms with Gasteiger partial charge in [-0.05, 0) is 33.0 Å². The van der Waals surface area contributed by atoms with Crippen molar-refractivity contribution in [3.8, 4) is 0 Å². The fraction of sp³-hybridized carbons (Fsp3) is 0.654. The SMILES string of the molecule is Cc1ccc(CC(CN(CC(=O)O)CC(=O)O)N2CCN(C)CCN(C)CCN(CC(=O)O)CC2)cc1. The third-order valence-corrected chi connectivity index (χ3v) is 6.79. The van der Waals surface area contributed by atoms with E-state index in [1.807, 2.05) is 31.0 Å². The molecular formula is C26H43N5O6. The Balaban J connectivity index is 2.33. The lowest BCUT2D eigenvalue weighted by Gasteiger charge is -2.38. The van der Waals surface area contributed by atoms with Gasteiger partial charge < -0.3 is 25.1 Å². The Morgan fingerprint density at radius 1 is 0.784 bits per heavy atom. The topological polar surface area (TPSA) is 128 Å². The second-order valence-corrected chi connectivity index (χ2v) is 10.1. The van der Waals surface area contributed by atoms with E-state index in [1.165, 1.54) is 4.90 Å². The summed E-state index contributed by atoms with van der Waals surface area (Å²) in [4.78, 5) is 44.6. The largest absolute Gasteiger partial charge is 0.480 e. The van der Waals surface area contributed by atoms with Crippen LogP contribution in [0.4, 0.5) is 0 Å². The van der Waals surface area contributed by atoms with E-state index in [-0.39, 0.29) is 32.2 Å². The summed E-state index contributed by atoms with van der Waals surface area (Å²) in [6.45, 7) is 7.29. The number of carboxylic acid groups (broad SMARTS) is 3. The quantitative estimate of drug-likeness (QED) is 0.362. The Hall–Kier alpha value is -2.57. The first-order chi connectivity index (χ1) is 17.5. The van der Waals surface area contributed by atoms with E-state index in [1.54, 1.807) is 0 Å². The van der Waals surface area contributed by atoms with Gasteiger partial charge in [0.2, 0.25) is 0 Å². The number of rotatable bonds is 11. The van der Waals surface area contributed by atoms with Gasteiger partial charge in [0.15, 0.2) is 0 Å². The van der Waals surface area contributed by atoms with Crippen LogP contribution in [-0.4, -0.2) is 156 Å². The van der Waals surface area contributed by atoms with Gasteiger partial charge in [-0.15, -0.1) is 0 Å². The van der Waals surface area contributed by atoms with Gasteiger partial charge in [-0.3, -0.25) is 29.1 Å². The van der Waals surface area contributed by atoms with Gasteiger partial charge in [0.25, 0.3) is 0 Å². The number of hydrogen-bond acceptors (Lipinski definition) is 8. The molecule has 2 rings (SSSR count). The molecule has 11 nitrogen and oxygen atoms in total. The van der Waals surface area contributed by atoms with Crippen molar-refractivity contribution in [1.82, 2.24) is 24.5 Å². The van der Waals surface area contributed by atoms with Crippen LogP contribution in [0.5, 0.6) is 0 Å². The van der Waals surface area contributed by atoms with Crippen molar-refractivity contribution in [2.24, 2.45) is 0 Å². The third-order valence-electron chi connectivity index (χ3n) is 6.79. The van der Waals surface area contributed by atoms with Crippen LogP contribution in [0.2, 0.25) is 0 Å². The maximum absolute atomic E-state index is 11.5. The number of nitrogens with zero attached hydrogens (tertiary/aromatic N) is 5. The van der Waals surface area contributed by atoms with Gasteiger partial charge in [0, 0.05) is 64.9 Å². The number of likely N-dealkylation sites (N-methyl/N-ethyl adjacent to an activating group) is 2. The molecule has 0 aliphatic carbocycles. The average Bonchev–Trinajstić information content (AvgIpc) is 2.80. The van der Waals surface area contributed by atoms with Crippen molar-refractivity contribution < 1.29 is 29.7 Å².